The van der Waals surface area contributed by atoms with Crippen molar-refractivity contribution >= 4 is 27.8 Å². The van der Waals surface area contributed by atoms with E-state index in [1.165, 1.54) is 4.68 Å². The van der Waals surface area contributed by atoms with Gasteiger partial charge in [0.05, 0.1) is 16.4 Å². The first-order chi connectivity index (χ1) is 15.2. The van der Waals surface area contributed by atoms with Gasteiger partial charge >= 0.3 is 0 Å². The third kappa shape index (κ3) is 4.12. The number of piperidine rings is 1. The standard InChI is InChI=1S/C24H27N5O2/c1-3-5-6-7-10-18(4-2)29-24(31)19-14-25-20-11-12-21(26-23(20)22(19)27-29)28-13-8-9-17(15-28)16-30/h2-3,5,7,10-12,14,17-18,27,30H,6,8-9,13,15-16H2,1H3/b5-3-,10-7-. The Morgan fingerprint density at radius 2 is 2.29 bits per heavy atom. The monoisotopic (exact) mass is 417 g/mol. The zero-order chi connectivity index (χ0) is 21.8. The summed E-state index contributed by atoms with van der Waals surface area (Å²) in [5, 5.41) is 13.2. The molecule has 3 aromatic heterocycles. The first kappa shape index (κ1) is 20.9. The Labute approximate surface area is 181 Å². The third-order valence-corrected chi connectivity index (χ3v) is 5.76. The number of anilines is 1. The van der Waals surface area contributed by atoms with E-state index >= 15 is 0 Å². The van der Waals surface area contributed by atoms with E-state index in [2.05, 4.69) is 20.9 Å². The highest BCUT2D eigenvalue weighted by Crippen LogP contribution is 2.26. The van der Waals surface area contributed by atoms with Crippen molar-refractivity contribution in [1.29, 1.82) is 0 Å². The number of fused-ring (bicyclic) bond motifs is 3. The molecule has 0 spiro atoms. The van der Waals surface area contributed by atoms with Crippen LogP contribution in [-0.2, 0) is 0 Å². The quantitative estimate of drug-likeness (QED) is 0.475. The Hall–Kier alpha value is -3.37. The Bertz CT molecular complexity index is 1230. The molecule has 0 radical (unpaired) electrons. The van der Waals surface area contributed by atoms with Crippen LogP contribution in [0.15, 0.2) is 47.4 Å². The van der Waals surface area contributed by atoms with Crippen LogP contribution in [0.5, 0.6) is 0 Å². The van der Waals surface area contributed by atoms with Gasteiger partial charge in [-0.05, 0) is 44.2 Å². The van der Waals surface area contributed by atoms with Crippen molar-refractivity contribution in [3.05, 3.63) is 53.0 Å². The number of hydrogen-bond acceptors (Lipinski definition) is 5. The Kier molecular flexibility index (Phi) is 6.19. The molecule has 2 atom stereocenters. The molecule has 7 heteroatoms. The van der Waals surface area contributed by atoms with E-state index in [0.717, 1.165) is 38.2 Å². The lowest BCUT2D eigenvalue weighted by Gasteiger charge is -2.32. The number of nitrogens with one attached hydrogen (secondary N) is 1. The van der Waals surface area contributed by atoms with E-state index < -0.39 is 6.04 Å². The van der Waals surface area contributed by atoms with Crippen LogP contribution in [0.3, 0.4) is 0 Å². The summed E-state index contributed by atoms with van der Waals surface area (Å²) < 4.78 is 1.45. The van der Waals surface area contributed by atoms with Gasteiger partial charge < -0.3 is 10.0 Å². The van der Waals surface area contributed by atoms with Crippen molar-refractivity contribution in [2.75, 3.05) is 24.6 Å². The summed E-state index contributed by atoms with van der Waals surface area (Å²) >= 11 is 0. The van der Waals surface area contributed by atoms with Gasteiger partial charge in [-0.15, -0.1) is 6.42 Å². The summed E-state index contributed by atoms with van der Waals surface area (Å²) in [5.41, 5.74) is 1.77. The fraction of sp³-hybridized carbons (Fsp3) is 0.375. The number of aliphatic hydroxyl groups excluding tert-OH is 1. The highest BCUT2D eigenvalue weighted by molar-refractivity contribution is 6.00. The first-order valence-corrected chi connectivity index (χ1v) is 10.7. The fourth-order valence-corrected chi connectivity index (χ4v) is 4.06. The molecule has 0 aromatic carbocycles. The zero-order valence-corrected chi connectivity index (χ0v) is 17.7. The van der Waals surface area contributed by atoms with Crippen LogP contribution in [0.25, 0.3) is 21.9 Å². The minimum atomic E-state index is -0.518. The van der Waals surface area contributed by atoms with E-state index in [4.69, 9.17) is 11.4 Å². The van der Waals surface area contributed by atoms with Gasteiger partial charge in [0.1, 0.15) is 17.4 Å². The average Bonchev–Trinajstić information content (AvgIpc) is 3.15. The van der Waals surface area contributed by atoms with Crippen molar-refractivity contribution in [2.24, 2.45) is 5.92 Å². The van der Waals surface area contributed by atoms with Crippen molar-refractivity contribution in [2.45, 2.75) is 32.2 Å². The zero-order valence-electron chi connectivity index (χ0n) is 17.7. The van der Waals surface area contributed by atoms with Gasteiger partial charge in [0.25, 0.3) is 5.56 Å². The number of terminal acetylenes is 1. The van der Waals surface area contributed by atoms with Crippen LogP contribution in [0.2, 0.25) is 0 Å². The van der Waals surface area contributed by atoms with Crippen molar-refractivity contribution in [1.82, 2.24) is 19.7 Å². The molecule has 0 amide bonds. The van der Waals surface area contributed by atoms with Gasteiger partial charge in [-0.1, -0.05) is 30.2 Å². The molecule has 160 valence electrons. The lowest BCUT2D eigenvalue weighted by molar-refractivity contribution is 0.208. The van der Waals surface area contributed by atoms with Gasteiger partial charge in [-0.25, -0.2) is 9.67 Å². The van der Waals surface area contributed by atoms with Crippen LogP contribution >= 0.6 is 0 Å². The largest absolute Gasteiger partial charge is 0.396 e. The predicted molar refractivity (Wildman–Crippen MR) is 124 cm³/mol. The van der Waals surface area contributed by atoms with E-state index in [1.807, 2.05) is 43.4 Å². The van der Waals surface area contributed by atoms with E-state index in [-0.39, 0.29) is 18.1 Å². The van der Waals surface area contributed by atoms with Crippen LogP contribution in [0.1, 0.15) is 32.2 Å². The lowest BCUT2D eigenvalue weighted by Crippen LogP contribution is -2.37. The minimum absolute atomic E-state index is 0.182. The minimum Gasteiger partial charge on any atom is -0.396 e. The van der Waals surface area contributed by atoms with Gasteiger partial charge in [-0.3, -0.25) is 14.9 Å². The van der Waals surface area contributed by atoms with E-state index in [1.54, 1.807) is 6.20 Å². The van der Waals surface area contributed by atoms with Crippen molar-refractivity contribution in [3.63, 3.8) is 0 Å². The number of hydrogen-bond donors (Lipinski definition) is 2. The molecule has 0 aliphatic carbocycles. The number of aromatic nitrogens is 4. The van der Waals surface area contributed by atoms with Gasteiger partial charge in [0.2, 0.25) is 0 Å². The van der Waals surface area contributed by atoms with Crippen molar-refractivity contribution in [3.8, 4) is 12.3 Å². The third-order valence-electron chi connectivity index (χ3n) is 5.76. The Morgan fingerprint density at radius 3 is 3.06 bits per heavy atom. The smallest absolute Gasteiger partial charge is 0.277 e. The van der Waals surface area contributed by atoms with Crippen LogP contribution in [-0.4, -0.2) is 44.6 Å². The topological polar surface area (TPSA) is 87.0 Å². The Morgan fingerprint density at radius 1 is 1.42 bits per heavy atom. The molecule has 7 nitrogen and oxygen atoms in total. The second-order valence-electron chi connectivity index (χ2n) is 7.85. The maximum atomic E-state index is 13.0. The molecule has 0 bridgehead atoms. The highest BCUT2D eigenvalue weighted by atomic mass is 16.3. The number of nitrogens with zero attached hydrogens (tertiary/aromatic N) is 4. The number of rotatable bonds is 6. The van der Waals surface area contributed by atoms with Crippen molar-refractivity contribution < 1.29 is 5.11 Å². The predicted octanol–water partition coefficient (Wildman–Crippen LogP) is 3.18. The molecular formula is C24H27N5O2. The summed E-state index contributed by atoms with van der Waals surface area (Å²) in [6.45, 7) is 3.81. The number of pyridine rings is 2. The second-order valence-corrected chi connectivity index (χ2v) is 7.85. The Balaban J connectivity index is 1.76. The molecule has 4 heterocycles. The molecule has 31 heavy (non-hydrogen) atoms. The summed E-state index contributed by atoms with van der Waals surface area (Å²) in [6.07, 6.45) is 17.9. The van der Waals surface area contributed by atoms with Crippen LogP contribution in [0, 0.1) is 18.3 Å². The van der Waals surface area contributed by atoms with Gasteiger partial charge in [0.15, 0.2) is 0 Å². The number of aliphatic hydroxyl groups is 1. The van der Waals surface area contributed by atoms with Crippen LogP contribution in [0.4, 0.5) is 5.82 Å². The molecule has 3 aromatic rings. The average molecular weight is 418 g/mol. The normalized spacial score (nSPS) is 18.4. The fourth-order valence-electron chi connectivity index (χ4n) is 4.06. The summed E-state index contributed by atoms with van der Waals surface area (Å²) in [4.78, 5) is 24.5. The maximum Gasteiger partial charge on any atom is 0.277 e. The van der Waals surface area contributed by atoms with Crippen LogP contribution < -0.4 is 10.5 Å². The molecule has 2 unspecified atom stereocenters. The SMILES string of the molecule is C#CC(/C=C\C/C=C\C)n1[nH]c2c(cnc3ccc(N4CCCC(CO)C4)nc32)c1=O. The van der Waals surface area contributed by atoms with E-state index in [9.17, 15) is 9.90 Å². The number of H-pyrrole nitrogens is 1. The molecule has 2 N–H and O–H groups in total. The van der Waals surface area contributed by atoms with Gasteiger partial charge in [0, 0.05) is 25.9 Å². The molecular weight excluding hydrogens is 390 g/mol. The lowest BCUT2D eigenvalue weighted by atomic mass is 9.99. The molecule has 1 fully saturated rings. The second kappa shape index (κ2) is 9.19. The molecule has 1 aliphatic rings. The molecule has 1 aliphatic heterocycles. The maximum absolute atomic E-state index is 13.0. The first-order valence-electron chi connectivity index (χ1n) is 10.7. The van der Waals surface area contributed by atoms with Gasteiger partial charge in [-0.2, -0.15) is 0 Å². The summed E-state index contributed by atoms with van der Waals surface area (Å²) in [6, 6.07) is 3.35. The number of aromatic amines is 1. The summed E-state index contributed by atoms with van der Waals surface area (Å²) in [5.74, 6) is 3.75. The summed E-state index contributed by atoms with van der Waals surface area (Å²) in [7, 11) is 0. The molecule has 1 saturated heterocycles. The highest BCUT2D eigenvalue weighted by Gasteiger charge is 2.21. The number of allylic oxidation sites excluding steroid dienone is 4. The molecule has 4 rings (SSSR count). The molecule has 0 saturated carbocycles. The van der Waals surface area contributed by atoms with E-state index in [0.29, 0.717) is 21.9 Å².